The maximum absolute atomic E-state index is 5.93. The normalized spacial score (nSPS) is 10.5. The number of benzene rings is 2. The van der Waals surface area contributed by atoms with E-state index in [1.807, 2.05) is 42.5 Å². The van der Waals surface area contributed by atoms with Crippen molar-refractivity contribution >= 4 is 27.5 Å². The van der Waals surface area contributed by atoms with Crippen LogP contribution in [0.25, 0.3) is 0 Å². The van der Waals surface area contributed by atoms with E-state index in [4.69, 9.17) is 21.1 Å². The minimum Gasteiger partial charge on any atom is -0.496 e. The quantitative estimate of drug-likeness (QED) is 0.775. The zero-order valence-electron chi connectivity index (χ0n) is 10.5. The molecular weight excluding hydrogens is 328 g/mol. The van der Waals surface area contributed by atoms with Crippen LogP contribution in [-0.4, -0.2) is 7.11 Å². The second-order valence-corrected chi connectivity index (χ2v) is 5.43. The third kappa shape index (κ3) is 4.23. The predicted molar refractivity (Wildman–Crippen MR) is 80.6 cm³/mol. The SMILES string of the molecule is COc1ccc(Br)cc1COCc1cccc(Cl)c1. The highest BCUT2D eigenvalue weighted by Crippen LogP contribution is 2.24. The van der Waals surface area contributed by atoms with E-state index in [0.717, 1.165) is 26.4 Å². The fourth-order valence-corrected chi connectivity index (χ4v) is 2.39. The van der Waals surface area contributed by atoms with E-state index in [0.29, 0.717) is 13.2 Å². The topological polar surface area (TPSA) is 18.5 Å². The number of halogens is 2. The molecular formula is C15H14BrClO2. The highest BCUT2D eigenvalue weighted by atomic mass is 79.9. The molecule has 2 aromatic carbocycles. The molecule has 0 unspecified atom stereocenters. The summed E-state index contributed by atoms with van der Waals surface area (Å²) < 4.78 is 12.0. The molecule has 0 saturated heterocycles. The summed E-state index contributed by atoms with van der Waals surface area (Å²) in [6.45, 7) is 1.02. The Morgan fingerprint density at radius 3 is 2.68 bits per heavy atom. The molecule has 0 amide bonds. The molecule has 2 nitrogen and oxygen atoms in total. The number of ether oxygens (including phenoxy) is 2. The van der Waals surface area contributed by atoms with Gasteiger partial charge in [-0.15, -0.1) is 0 Å². The van der Waals surface area contributed by atoms with E-state index >= 15 is 0 Å². The van der Waals surface area contributed by atoms with Crippen LogP contribution in [-0.2, 0) is 18.0 Å². The zero-order chi connectivity index (χ0) is 13.7. The highest BCUT2D eigenvalue weighted by Gasteiger charge is 2.04. The molecule has 0 aliphatic rings. The van der Waals surface area contributed by atoms with Gasteiger partial charge in [0.2, 0.25) is 0 Å². The molecule has 0 radical (unpaired) electrons. The average molecular weight is 342 g/mol. The fourth-order valence-electron chi connectivity index (χ4n) is 1.77. The van der Waals surface area contributed by atoms with E-state index in [1.165, 1.54) is 0 Å². The van der Waals surface area contributed by atoms with Crippen LogP contribution in [0.4, 0.5) is 0 Å². The Kier molecular flexibility index (Phi) is 5.25. The lowest BCUT2D eigenvalue weighted by atomic mass is 10.2. The summed E-state index contributed by atoms with van der Waals surface area (Å²) in [5.74, 6) is 0.828. The van der Waals surface area contributed by atoms with Gasteiger partial charge in [0.1, 0.15) is 5.75 Å². The maximum atomic E-state index is 5.93. The summed E-state index contributed by atoms with van der Waals surface area (Å²) in [5.41, 5.74) is 2.07. The first kappa shape index (κ1) is 14.4. The molecule has 100 valence electrons. The number of hydrogen-bond donors (Lipinski definition) is 0. The largest absolute Gasteiger partial charge is 0.496 e. The average Bonchev–Trinajstić information content (AvgIpc) is 2.39. The van der Waals surface area contributed by atoms with E-state index in [1.54, 1.807) is 7.11 Å². The standard InChI is InChI=1S/C15H14BrClO2/c1-18-15-6-5-13(16)8-12(15)10-19-9-11-3-2-4-14(17)7-11/h2-8H,9-10H2,1H3. The van der Waals surface area contributed by atoms with Crippen molar-refractivity contribution in [3.8, 4) is 5.75 Å². The minimum atomic E-state index is 0.495. The van der Waals surface area contributed by atoms with Crippen molar-refractivity contribution in [2.75, 3.05) is 7.11 Å². The molecule has 0 saturated carbocycles. The molecule has 0 aliphatic carbocycles. The molecule has 0 fully saturated rings. The number of rotatable bonds is 5. The smallest absolute Gasteiger partial charge is 0.124 e. The van der Waals surface area contributed by atoms with Gasteiger partial charge in [-0.1, -0.05) is 39.7 Å². The molecule has 4 heteroatoms. The lowest BCUT2D eigenvalue weighted by Crippen LogP contribution is -1.97. The van der Waals surface area contributed by atoms with Gasteiger partial charge in [0.25, 0.3) is 0 Å². The summed E-state index contributed by atoms with van der Waals surface area (Å²) in [7, 11) is 1.66. The van der Waals surface area contributed by atoms with Crippen molar-refractivity contribution in [1.82, 2.24) is 0 Å². The van der Waals surface area contributed by atoms with Crippen LogP contribution in [0.1, 0.15) is 11.1 Å². The molecule has 0 heterocycles. The van der Waals surface area contributed by atoms with Crippen molar-refractivity contribution in [2.24, 2.45) is 0 Å². The summed E-state index contributed by atoms with van der Waals surface area (Å²) in [6.07, 6.45) is 0. The lowest BCUT2D eigenvalue weighted by Gasteiger charge is -2.10. The number of methoxy groups -OCH3 is 1. The first-order valence-electron chi connectivity index (χ1n) is 5.83. The van der Waals surface area contributed by atoms with Gasteiger partial charge >= 0.3 is 0 Å². The van der Waals surface area contributed by atoms with Crippen LogP contribution in [0.2, 0.25) is 5.02 Å². The highest BCUT2D eigenvalue weighted by molar-refractivity contribution is 9.10. The summed E-state index contributed by atoms with van der Waals surface area (Å²) in [6, 6.07) is 13.5. The van der Waals surface area contributed by atoms with E-state index in [-0.39, 0.29) is 0 Å². The van der Waals surface area contributed by atoms with Crippen LogP contribution in [0.5, 0.6) is 5.75 Å². The Labute approximate surface area is 126 Å². The number of hydrogen-bond acceptors (Lipinski definition) is 2. The Bertz CT molecular complexity index is 558. The van der Waals surface area contributed by atoms with Crippen molar-refractivity contribution < 1.29 is 9.47 Å². The van der Waals surface area contributed by atoms with Gasteiger partial charge in [-0.2, -0.15) is 0 Å². The second kappa shape index (κ2) is 6.94. The van der Waals surface area contributed by atoms with Crippen molar-refractivity contribution in [2.45, 2.75) is 13.2 Å². The predicted octanol–water partition coefficient (Wildman–Crippen LogP) is 4.83. The van der Waals surface area contributed by atoms with Crippen LogP contribution < -0.4 is 4.74 Å². The maximum Gasteiger partial charge on any atom is 0.124 e. The van der Waals surface area contributed by atoms with Crippen molar-refractivity contribution in [1.29, 1.82) is 0 Å². The van der Waals surface area contributed by atoms with Gasteiger partial charge in [0.05, 0.1) is 20.3 Å². The second-order valence-electron chi connectivity index (χ2n) is 4.08. The third-order valence-electron chi connectivity index (χ3n) is 2.66. The summed E-state index contributed by atoms with van der Waals surface area (Å²) >= 11 is 9.37. The Morgan fingerprint density at radius 2 is 1.95 bits per heavy atom. The van der Waals surface area contributed by atoms with Gasteiger partial charge in [0, 0.05) is 15.1 Å². The molecule has 2 aromatic rings. The first-order chi connectivity index (χ1) is 9.19. The Balaban J connectivity index is 1.97. The summed E-state index contributed by atoms with van der Waals surface area (Å²) in [5, 5.41) is 0.723. The van der Waals surface area contributed by atoms with E-state index in [9.17, 15) is 0 Å². The van der Waals surface area contributed by atoms with Crippen LogP contribution in [0.3, 0.4) is 0 Å². The first-order valence-corrected chi connectivity index (χ1v) is 7.01. The molecule has 0 N–H and O–H groups in total. The van der Waals surface area contributed by atoms with Gasteiger partial charge < -0.3 is 9.47 Å². The fraction of sp³-hybridized carbons (Fsp3) is 0.200. The molecule has 19 heavy (non-hydrogen) atoms. The minimum absolute atomic E-state index is 0.495. The Morgan fingerprint density at radius 1 is 1.11 bits per heavy atom. The zero-order valence-corrected chi connectivity index (χ0v) is 12.9. The van der Waals surface area contributed by atoms with Gasteiger partial charge in [-0.25, -0.2) is 0 Å². The molecule has 0 bridgehead atoms. The van der Waals surface area contributed by atoms with Crippen LogP contribution in [0.15, 0.2) is 46.9 Å². The van der Waals surface area contributed by atoms with E-state index in [2.05, 4.69) is 15.9 Å². The molecule has 0 aliphatic heterocycles. The van der Waals surface area contributed by atoms with Crippen molar-refractivity contribution in [3.63, 3.8) is 0 Å². The van der Waals surface area contributed by atoms with Crippen LogP contribution in [0, 0.1) is 0 Å². The van der Waals surface area contributed by atoms with Crippen molar-refractivity contribution in [3.05, 3.63) is 63.1 Å². The van der Waals surface area contributed by atoms with Gasteiger partial charge in [-0.3, -0.25) is 0 Å². The van der Waals surface area contributed by atoms with Crippen LogP contribution >= 0.6 is 27.5 Å². The molecule has 2 rings (SSSR count). The third-order valence-corrected chi connectivity index (χ3v) is 3.39. The molecule has 0 atom stereocenters. The molecule has 0 aromatic heterocycles. The van der Waals surface area contributed by atoms with Gasteiger partial charge in [-0.05, 0) is 35.9 Å². The Hall–Kier alpha value is -1.03. The van der Waals surface area contributed by atoms with E-state index < -0.39 is 0 Å². The molecule has 0 spiro atoms. The lowest BCUT2D eigenvalue weighted by molar-refractivity contribution is 0.105. The van der Waals surface area contributed by atoms with Gasteiger partial charge in [0.15, 0.2) is 0 Å². The summed E-state index contributed by atoms with van der Waals surface area (Å²) in [4.78, 5) is 0. The monoisotopic (exact) mass is 340 g/mol.